The molecule has 1 aromatic carbocycles. The van der Waals surface area contributed by atoms with Gasteiger partial charge in [-0.1, -0.05) is 6.08 Å². The summed E-state index contributed by atoms with van der Waals surface area (Å²) in [5, 5.41) is 0. The van der Waals surface area contributed by atoms with Crippen LogP contribution in [0, 0.1) is 19.7 Å². The van der Waals surface area contributed by atoms with Gasteiger partial charge in [-0.15, -0.1) is 6.58 Å². The molecule has 7 heteroatoms. The molecule has 0 saturated heterocycles. The third kappa shape index (κ3) is 4.52. The van der Waals surface area contributed by atoms with Gasteiger partial charge in [0.1, 0.15) is 5.82 Å². The molecule has 0 heterocycles. The number of aryl methyl sites for hydroxylation is 1. The van der Waals surface area contributed by atoms with E-state index >= 15 is 0 Å². The summed E-state index contributed by atoms with van der Waals surface area (Å²) in [6, 6.07) is 1.12. The van der Waals surface area contributed by atoms with E-state index < -0.39 is 15.8 Å². The number of sulfonamides is 1. The van der Waals surface area contributed by atoms with Gasteiger partial charge in [0.05, 0.1) is 23.8 Å². The van der Waals surface area contributed by atoms with Crippen LogP contribution in [0.15, 0.2) is 23.6 Å². The third-order valence-corrected chi connectivity index (χ3v) is 4.73. The molecule has 0 aliphatic heterocycles. The van der Waals surface area contributed by atoms with Crippen LogP contribution in [-0.2, 0) is 14.8 Å². The number of halogens is 1. The zero-order valence-corrected chi connectivity index (χ0v) is 13.1. The summed E-state index contributed by atoms with van der Waals surface area (Å²) in [6.07, 6.45) is 2.43. The molecule has 21 heavy (non-hydrogen) atoms. The summed E-state index contributed by atoms with van der Waals surface area (Å²) < 4.78 is 45.6. The van der Waals surface area contributed by atoms with Gasteiger partial charge in [0.15, 0.2) is 0 Å². The Bertz CT molecular complexity index is 615. The molecule has 0 bridgehead atoms. The van der Waals surface area contributed by atoms with E-state index in [1.165, 1.54) is 13.8 Å². The molecule has 0 aliphatic rings. The SMILES string of the molecule is C=CCCOCCNS(=O)(=O)c1c(C)cc(F)c(N)c1C. The zero-order chi connectivity index (χ0) is 16.0. The predicted molar refractivity (Wildman–Crippen MR) is 81.1 cm³/mol. The minimum atomic E-state index is -3.75. The Morgan fingerprint density at radius 3 is 2.71 bits per heavy atom. The molecule has 0 atom stereocenters. The number of hydrogen-bond acceptors (Lipinski definition) is 4. The summed E-state index contributed by atoms with van der Waals surface area (Å²) in [4.78, 5) is 0.0208. The first kappa shape index (κ1) is 17.6. The number of nitrogens with one attached hydrogen (secondary N) is 1. The number of nitrogens with two attached hydrogens (primary N) is 1. The van der Waals surface area contributed by atoms with Crippen LogP contribution in [0.1, 0.15) is 17.5 Å². The van der Waals surface area contributed by atoms with E-state index in [1.807, 2.05) is 0 Å². The highest BCUT2D eigenvalue weighted by molar-refractivity contribution is 7.89. The fourth-order valence-corrected chi connectivity index (χ4v) is 3.43. The summed E-state index contributed by atoms with van der Waals surface area (Å²) >= 11 is 0. The van der Waals surface area contributed by atoms with E-state index in [4.69, 9.17) is 10.5 Å². The topological polar surface area (TPSA) is 81.4 Å². The minimum absolute atomic E-state index is 0.0208. The first-order valence-electron chi connectivity index (χ1n) is 6.54. The first-order chi connectivity index (χ1) is 9.81. The van der Waals surface area contributed by atoms with Gasteiger partial charge in [0.2, 0.25) is 10.0 Å². The number of anilines is 1. The summed E-state index contributed by atoms with van der Waals surface area (Å²) in [6.45, 7) is 7.46. The molecule has 0 saturated carbocycles. The van der Waals surface area contributed by atoms with Gasteiger partial charge >= 0.3 is 0 Å². The maximum Gasteiger partial charge on any atom is 0.241 e. The van der Waals surface area contributed by atoms with Gasteiger partial charge in [0.25, 0.3) is 0 Å². The molecule has 0 aromatic heterocycles. The van der Waals surface area contributed by atoms with Gasteiger partial charge in [-0.2, -0.15) is 0 Å². The lowest BCUT2D eigenvalue weighted by Crippen LogP contribution is -2.29. The molecular weight excluding hydrogens is 295 g/mol. The van der Waals surface area contributed by atoms with Gasteiger partial charge < -0.3 is 10.5 Å². The quantitative estimate of drug-likeness (QED) is 0.436. The summed E-state index contributed by atoms with van der Waals surface area (Å²) in [5.74, 6) is -0.614. The van der Waals surface area contributed by atoms with Crippen molar-refractivity contribution in [3.05, 3.63) is 35.7 Å². The zero-order valence-electron chi connectivity index (χ0n) is 12.3. The first-order valence-corrected chi connectivity index (χ1v) is 8.03. The van der Waals surface area contributed by atoms with Crippen LogP contribution in [0.2, 0.25) is 0 Å². The minimum Gasteiger partial charge on any atom is -0.396 e. The molecule has 0 aliphatic carbocycles. The van der Waals surface area contributed by atoms with Crippen molar-refractivity contribution in [1.82, 2.24) is 4.72 Å². The second-order valence-corrected chi connectivity index (χ2v) is 6.33. The predicted octanol–water partition coefficient (Wildman–Crippen LogP) is 1.90. The lowest BCUT2D eigenvalue weighted by molar-refractivity contribution is 0.144. The second-order valence-electron chi connectivity index (χ2n) is 4.63. The number of nitrogen functional groups attached to an aromatic ring is 1. The van der Waals surface area contributed by atoms with Crippen molar-refractivity contribution in [2.24, 2.45) is 0 Å². The van der Waals surface area contributed by atoms with Crippen LogP contribution in [0.4, 0.5) is 10.1 Å². The highest BCUT2D eigenvalue weighted by atomic mass is 32.2. The molecule has 118 valence electrons. The Balaban J connectivity index is 2.80. The second kappa shape index (κ2) is 7.53. The van der Waals surface area contributed by atoms with Crippen molar-refractivity contribution in [3.8, 4) is 0 Å². The average molecular weight is 316 g/mol. The Labute approximate surface area is 125 Å². The van der Waals surface area contributed by atoms with Crippen molar-refractivity contribution >= 4 is 15.7 Å². The fourth-order valence-electron chi connectivity index (χ4n) is 1.93. The Kier molecular flexibility index (Phi) is 6.32. The number of hydrogen-bond donors (Lipinski definition) is 2. The Morgan fingerprint density at radius 1 is 1.43 bits per heavy atom. The average Bonchev–Trinajstić information content (AvgIpc) is 2.40. The molecule has 0 amide bonds. The smallest absolute Gasteiger partial charge is 0.241 e. The summed E-state index contributed by atoms with van der Waals surface area (Å²) in [5.41, 5.74) is 5.94. The number of benzene rings is 1. The van der Waals surface area contributed by atoms with Gasteiger partial charge in [0, 0.05) is 6.54 Å². The standard InChI is InChI=1S/C14H21FN2O3S/c1-4-5-7-20-8-6-17-21(18,19)14-10(2)9-12(15)13(16)11(14)3/h4,9,17H,1,5-8,16H2,2-3H3. The van der Waals surface area contributed by atoms with Crippen LogP contribution < -0.4 is 10.5 Å². The Hall–Kier alpha value is -1.44. The van der Waals surface area contributed by atoms with Gasteiger partial charge in [-0.05, 0) is 37.5 Å². The lowest BCUT2D eigenvalue weighted by Gasteiger charge is -2.14. The molecule has 5 nitrogen and oxygen atoms in total. The van der Waals surface area contributed by atoms with Crippen LogP contribution >= 0.6 is 0 Å². The molecule has 1 aromatic rings. The van der Waals surface area contributed by atoms with Crippen LogP contribution in [0.25, 0.3) is 0 Å². The van der Waals surface area contributed by atoms with Crippen LogP contribution in [0.5, 0.6) is 0 Å². The molecule has 0 spiro atoms. The van der Waals surface area contributed by atoms with E-state index in [0.29, 0.717) is 18.6 Å². The van der Waals surface area contributed by atoms with Crippen molar-refractivity contribution in [2.75, 3.05) is 25.5 Å². The molecule has 1 rings (SSSR count). The van der Waals surface area contributed by atoms with Gasteiger partial charge in [-0.3, -0.25) is 0 Å². The third-order valence-electron chi connectivity index (χ3n) is 2.98. The molecular formula is C14H21FN2O3S. The van der Waals surface area contributed by atoms with E-state index in [9.17, 15) is 12.8 Å². The van der Waals surface area contributed by atoms with Crippen molar-refractivity contribution in [3.63, 3.8) is 0 Å². The molecule has 0 fully saturated rings. The maximum absolute atomic E-state index is 13.5. The molecule has 0 unspecified atom stereocenters. The van der Waals surface area contributed by atoms with E-state index in [1.54, 1.807) is 6.08 Å². The highest BCUT2D eigenvalue weighted by Crippen LogP contribution is 2.27. The van der Waals surface area contributed by atoms with E-state index in [-0.39, 0.29) is 29.3 Å². The summed E-state index contributed by atoms with van der Waals surface area (Å²) in [7, 11) is -3.75. The van der Waals surface area contributed by atoms with Crippen LogP contribution in [-0.4, -0.2) is 28.2 Å². The maximum atomic E-state index is 13.5. The fraction of sp³-hybridized carbons (Fsp3) is 0.429. The van der Waals surface area contributed by atoms with E-state index in [2.05, 4.69) is 11.3 Å². The number of rotatable bonds is 8. The number of ether oxygens (including phenoxy) is 1. The van der Waals surface area contributed by atoms with Crippen molar-refractivity contribution < 1.29 is 17.5 Å². The van der Waals surface area contributed by atoms with Crippen molar-refractivity contribution in [2.45, 2.75) is 25.2 Å². The molecule has 3 N–H and O–H groups in total. The highest BCUT2D eigenvalue weighted by Gasteiger charge is 2.22. The Morgan fingerprint density at radius 2 is 2.10 bits per heavy atom. The van der Waals surface area contributed by atoms with Crippen LogP contribution in [0.3, 0.4) is 0 Å². The monoisotopic (exact) mass is 316 g/mol. The van der Waals surface area contributed by atoms with Crippen molar-refractivity contribution in [1.29, 1.82) is 0 Å². The largest absolute Gasteiger partial charge is 0.396 e. The van der Waals surface area contributed by atoms with Gasteiger partial charge in [-0.25, -0.2) is 17.5 Å². The van der Waals surface area contributed by atoms with E-state index in [0.717, 1.165) is 6.07 Å². The normalized spacial score (nSPS) is 11.6. The lowest BCUT2D eigenvalue weighted by atomic mass is 10.1. The molecule has 0 radical (unpaired) electrons.